The summed E-state index contributed by atoms with van der Waals surface area (Å²) in [6.45, 7) is 7.42. The van der Waals surface area contributed by atoms with Crippen molar-refractivity contribution < 1.29 is 9.18 Å². The number of benzene rings is 1. The van der Waals surface area contributed by atoms with E-state index in [2.05, 4.69) is 24.1 Å². The highest BCUT2D eigenvalue weighted by Crippen LogP contribution is 2.22. The van der Waals surface area contributed by atoms with Gasteiger partial charge in [0.15, 0.2) is 0 Å². The van der Waals surface area contributed by atoms with E-state index in [1.165, 1.54) is 12.1 Å². The van der Waals surface area contributed by atoms with Gasteiger partial charge in [-0.15, -0.1) is 0 Å². The Hall–Kier alpha value is -1.62. The van der Waals surface area contributed by atoms with E-state index in [0.29, 0.717) is 11.6 Å². The number of anilines is 1. The van der Waals surface area contributed by atoms with Crippen LogP contribution in [0.5, 0.6) is 0 Å². The lowest BCUT2D eigenvalue weighted by Crippen LogP contribution is -2.51. The van der Waals surface area contributed by atoms with Gasteiger partial charge in [-0.3, -0.25) is 0 Å². The number of piperidine rings is 1. The van der Waals surface area contributed by atoms with Crippen molar-refractivity contribution in [1.82, 2.24) is 9.80 Å². The molecule has 1 aliphatic rings. The zero-order valence-corrected chi connectivity index (χ0v) is 13.0. The van der Waals surface area contributed by atoms with Gasteiger partial charge in [-0.2, -0.15) is 0 Å². The van der Waals surface area contributed by atoms with Crippen LogP contribution in [-0.4, -0.2) is 48.6 Å². The largest absolute Gasteiger partial charge is 0.324 e. The molecule has 1 N–H and O–H groups in total. The number of amides is 2. The Bertz CT molecular complexity index is 494. The van der Waals surface area contributed by atoms with Gasteiger partial charge < -0.3 is 15.1 Å². The number of hydrogen-bond acceptors (Lipinski definition) is 2. The second-order valence-corrected chi connectivity index (χ2v) is 5.78. The highest BCUT2D eigenvalue weighted by Gasteiger charge is 2.30. The van der Waals surface area contributed by atoms with Crippen LogP contribution in [0.3, 0.4) is 0 Å². The Morgan fingerprint density at radius 1 is 1.52 bits per heavy atom. The number of rotatable bonds is 3. The monoisotopic (exact) mass is 293 g/mol. The van der Waals surface area contributed by atoms with Crippen molar-refractivity contribution in [1.29, 1.82) is 0 Å². The van der Waals surface area contributed by atoms with Crippen molar-refractivity contribution in [2.45, 2.75) is 26.3 Å². The lowest BCUT2D eigenvalue weighted by atomic mass is 9.93. The fourth-order valence-electron chi connectivity index (χ4n) is 3.01. The van der Waals surface area contributed by atoms with Crippen molar-refractivity contribution in [3.05, 3.63) is 30.1 Å². The second-order valence-electron chi connectivity index (χ2n) is 5.78. The highest BCUT2D eigenvalue weighted by atomic mass is 19.1. The SMILES string of the molecule is CCN1CCC(N(C)C(=O)Nc2cccc(F)c2)C(C)C1. The molecule has 0 bridgehead atoms. The van der Waals surface area contributed by atoms with Gasteiger partial charge in [-0.1, -0.05) is 19.9 Å². The maximum atomic E-state index is 13.1. The molecule has 2 atom stereocenters. The number of hydrogen-bond donors (Lipinski definition) is 1. The minimum Gasteiger partial charge on any atom is -0.324 e. The lowest BCUT2D eigenvalue weighted by Gasteiger charge is -2.40. The van der Waals surface area contributed by atoms with Crippen LogP contribution in [0.15, 0.2) is 24.3 Å². The van der Waals surface area contributed by atoms with Crippen molar-refractivity contribution in [3.63, 3.8) is 0 Å². The van der Waals surface area contributed by atoms with Gasteiger partial charge >= 0.3 is 6.03 Å². The molecule has 21 heavy (non-hydrogen) atoms. The fraction of sp³-hybridized carbons (Fsp3) is 0.562. The summed E-state index contributed by atoms with van der Waals surface area (Å²) >= 11 is 0. The molecule has 2 rings (SSSR count). The topological polar surface area (TPSA) is 35.6 Å². The summed E-state index contributed by atoms with van der Waals surface area (Å²) in [6.07, 6.45) is 0.974. The minimum atomic E-state index is -0.347. The van der Waals surface area contributed by atoms with Crippen LogP contribution in [0.4, 0.5) is 14.9 Å². The molecule has 1 aromatic carbocycles. The molecular formula is C16H24FN3O. The van der Waals surface area contributed by atoms with E-state index < -0.39 is 0 Å². The molecule has 1 fully saturated rings. The van der Waals surface area contributed by atoms with Crippen LogP contribution in [-0.2, 0) is 0 Å². The predicted molar refractivity (Wildman–Crippen MR) is 82.9 cm³/mol. The number of carbonyl (C=O) groups is 1. The summed E-state index contributed by atoms with van der Waals surface area (Å²) in [5.41, 5.74) is 0.491. The molecular weight excluding hydrogens is 269 g/mol. The van der Waals surface area contributed by atoms with E-state index in [0.717, 1.165) is 26.1 Å². The molecule has 2 unspecified atom stereocenters. The average molecular weight is 293 g/mol. The molecule has 1 saturated heterocycles. The van der Waals surface area contributed by atoms with Gasteiger partial charge in [0.1, 0.15) is 5.82 Å². The Morgan fingerprint density at radius 3 is 2.90 bits per heavy atom. The first-order chi connectivity index (χ1) is 10.0. The number of nitrogens with one attached hydrogen (secondary N) is 1. The van der Waals surface area contributed by atoms with Crippen LogP contribution in [0.2, 0.25) is 0 Å². The number of urea groups is 1. The first-order valence-corrected chi connectivity index (χ1v) is 7.53. The maximum absolute atomic E-state index is 13.1. The number of halogens is 1. The van der Waals surface area contributed by atoms with E-state index in [4.69, 9.17) is 0 Å². The molecule has 5 heteroatoms. The van der Waals surface area contributed by atoms with Crippen LogP contribution in [0, 0.1) is 11.7 Å². The lowest BCUT2D eigenvalue weighted by molar-refractivity contribution is 0.101. The summed E-state index contributed by atoms with van der Waals surface area (Å²) in [7, 11) is 1.82. The normalized spacial score (nSPS) is 22.9. The zero-order chi connectivity index (χ0) is 15.4. The molecule has 0 radical (unpaired) electrons. The van der Waals surface area contributed by atoms with Crippen molar-refractivity contribution >= 4 is 11.7 Å². The predicted octanol–water partition coefficient (Wildman–Crippen LogP) is 3.02. The number of carbonyl (C=O) groups excluding carboxylic acids is 1. The Balaban J connectivity index is 1.96. The van der Waals surface area contributed by atoms with Gasteiger partial charge in [0.25, 0.3) is 0 Å². The summed E-state index contributed by atoms with van der Waals surface area (Å²) in [6, 6.07) is 6.02. The first kappa shape index (κ1) is 15.8. The van der Waals surface area contributed by atoms with Gasteiger partial charge in [0, 0.05) is 31.9 Å². The maximum Gasteiger partial charge on any atom is 0.321 e. The van der Waals surface area contributed by atoms with E-state index in [-0.39, 0.29) is 17.9 Å². The summed E-state index contributed by atoms with van der Waals surface area (Å²) in [4.78, 5) is 16.5. The van der Waals surface area contributed by atoms with Crippen LogP contribution in [0.25, 0.3) is 0 Å². The molecule has 0 saturated carbocycles. The van der Waals surface area contributed by atoms with Crippen molar-refractivity contribution in [3.8, 4) is 0 Å². The third kappa shape index (κ3) is 3.94. The molecule has 1 heterocycles. The molecule has 0 aliphatic carbocycles. The van der Waals surface area contributed by atoms with Gasteiger partial charge in [0.2, 0.25) is 0 Å². The Kier molecular flexibility index (Phi) is 5.17. The van der Waals surface area contributed by atoms with Gasteiger partial charge in [-0.25, -0.2) is 9.18 Å². The summed E-state index contributed by atoms with van der Waals surface area (Å²) in [5.74, 6) is 0.0852. The fourth-order valence-corrected chi connectivity index (χ4v) is 3.01. The molecule has 2 amide bonds. The third-order valence-electron chi connectivity index (χ3n) is 4.29. The van der Waals surface area contributed by atoms with Crippen LogP contribution in [0.1, 0.15) is 20.3 Å². The smallest absolute Gasteiger partial charge is 0.321 e. The molecule has 1 aromatic rings. The molecule has 0 spiro atoms. The Labute approximate surface area is 125 Å². The van der Waals surface area contributed by atoms with E-state index >= 15 is 0 Å². The zero-order valence-electron chi connectivity index (χ0n) is 13.0. The van der Waals surface area contributed by atoms with Crippen LogP contribution < -0.4 is 5.32 Å². The summed E-state index contributed by atoms with van der Waals surface area (Å²) in [5, 5.41) is 2.76. The van der Waals surface area contributed by atoms with Crippen molar-refractivity contribution in [2.24, 2.45) is 5.92 Å². The van der Waals surface area contributed by atoms with Gasteiger partial charge in [-0.05, 0) is 37.1 Å². The van der Waals surface area contributed by atoms with E-state index in [1.54, 1.807) is 17.0 Å². The second kappa shape index (κ2) is 6.89. The number of nitrogens with zero attached hydrogens (tertiary/aromatic N) is 2. The molecule has 116 valence electrons. The van der Waals surface area contributed by atoms with Crippen LogP contribution >= 0.6 is 0 Å². The Morgan fingerprint density at radius 2 is 2.29 bits per heavy atom. The van der Waals surface area contributed by atoms with Gasteiger partial charge in [0.05, 0.1) is 0 Å². The highest BCUT2D eigenvalue weighted by molar-refractivity contribution is 5.89. The standard InChI is InChI=1S/C16H24FN3O/c1-4-20-9-8-15(12(2)11-20)19(3)16(21)18-14-7-5-6-13(17)10-14/h5-7,10,12,15H,4,8-9,11H2,1-3H3,(H,18,21). The molecule has 0 aromatic heterocycles. The minimum absolute atomic E-state index is 0.178. The average Bonchev–Trinajstić information content (AvgIpc) is 2.46. The van der Waals surface area contributed by atoms with E-state index in [1.807, 2.05) is 7.05 Å². The summed E-state index contributed by atoms with van der Waals surface area (Å²) < 4.78 is 13.1. The van der Waals surface area contributed by atoms with Crippen molar-refractivity contribution in [2.75, 3.05) is 32.0 Å². The quantitative estimate of drug-likeness (QED) is 0.930. The third-order valence-corrected chi connectivity index (χ3v) is 4.29. The van der Waals surface area contributed by atoms with E-state index in [9.17, 15) is 9.18 Å². The number of likely N-dealkylation sites (tertiary alicyclic amines) is 1. The molecule has 1 aliphatic heterocycles. The first-order valence-electron chi connectivity index (χ1n) is 7.53. The molecule has 4 nitrogen and oxygen atoms in total.